The van der Waals surface area contributed by atoms with E-state index in [4.69, 9.17) is 11.6 Å². The van der Waals surface area contributed by atoms with E-state index in [-0.39, 0.29) is 18.4 Å². The van der Waals surface area contributed by atoms with E-state index < -0.39 is 0 Å². The van der Waals surface area contributed by atoms with Crippen LogP contribution >= 0.6 is 23.4 Å². The zero-order valence-electron chi connectivity index (χ0n) is 14.0. The Morgan fingerprint density at radius 2 is 2.07 bits per heavy atom. The largest absolute Gasteiger partial charge is 0.323 e. The van der Waals surface area contributed by atoms with Crippen LogP contribution < -0.4 is 10.2 Å². The zero-order chi connectivity index (χ0) is 18.8. The Bertz CT molecular complexity index is 1010. The van der Waals surface area contributed by atoms with Crippen LogP contribution in [-0.2, 0) is 9.59 Å². The van der Waals surface area contributed by atoms with E-state index in [0.717, 1.165) is 10.6 Å². The van der Waals surface area contributed by atoms with Gasteiger partial charge in [0.25, 0.3) is 0 Å². The first-order chi connectivity index (χ1) is 13.1. The third-order valence-electron chi connectivity index (χ3n) is 4.01. The summed E-state index contributed by atoms with van der Waals surface area (Å²) in [7, 11) is 0. The molecule has 0 bridgehead atoms. The molecule has 0 unspecified atom stereocenters. The van der Waals surface area contributed by atoms with Crippen molar-refractivity contribution in [3.05, 3.63) is 60.1 Å². The van der Waals surface area contributed by atoms with E-state index in [1.54, 1.807) is 18.2 Å². The number of carbonyl (C=O) groups is 2. The summed E-state index contributed by atoms with van der Waals surface area (Å²) in [6.07, 6.45) is 2.93. The highest BCUT2D eigenvalue weighted by atomic mass is 35.5. The van der Waals surface area contributed by atoms with Crippen molar-refractivity contribution in [2.75, 3.05) is 22.5 Å². The molecule has 7 nitrogen and oxygen atoms in total. The molecule has 9 heteroatoms. The van der Waals surface area contributed by atoms with Gasteiger partial charge in [-0.25, -0.2) is 9.67 Å². The van der Waals surface area contributed by atoms with Crippen molar-refractivity contribution >= 4 is 46.6 Å². The summed E-state index contributed by atoms with van der Waals surface area (Å²) in [6.45, 7) is -0.0836. The highest BCUT2D eigenvalue weighted by molar-refractivity contribution is 8.00. The number of amides is 2. The lowest BCUT2D eigenvalue weighted by Crippen LogP contribution is -2.41. The Kier molecular flexibility index (Phi) is 4.83. The summed E-state index contributed by atoms with van der Waals surface area (Å²) in [5.41, 5.74) is 1.87. The average Bonchev–Trinajstić information content (AvgIpc) is 3.19. The number of anilines is 2. The van der Waals surface area contributed by atoms with E-state index in [2.05, 4.69) is 15.4 Å². The fraction of sp³-hybridized carbons (Fsp3) is 0.111. The third-order valence-corrected chi connectivity index (χ3v) is 5.29. The molecule has 0 spiro atoms. The standard InChI is InChI=1S/C18H14ClN5O2S/c19-12-5-6-14(24-11-20-10-21-24)13(7-12)22-17(25)8-23-15-3-1-2-4-16(15)27-9-18(23)26/h1-7,10-11H,8-9H2,(H,22,25). The second-order valence-electron chi connectivity index (χ2n) is 5.79. The molecule has 1 N–H and O–H groups in total. The lowest BCUT2D eigenvalue weighted by Gasteiger charge is -2.28. The Labute approximate surface area is 164 Å². The molecule has 0 radical (unpaired) electrons. The first kappa shape index (κ1) is 17.6. The first-order valence-electron chi connectivity index (χ1n) is 8.08. The SMILES string of the molecule is O=C(CN1C(=O)CSc2ccccc21)Nc1cc(Cl)ccc1-n1cncn1. The molecule has 1 aliphatic rings. The van der Waals surface area contributed by atoms with Gasteiger partial charge in [-0.15, -0.1) is 11.8 Å². The lowest BCUT2D eigenvalue weighted by molar-refractivity contribution is -0.120. The maximum atomic E-state index is 12.7. The summed E-state index contributed by atoms with van der Waals surface area (Å²) in [6, 6.07) is 12.6. The van der Waals surface area contributed by atoms with Crippen molar-refractivity contribution in [2.24, 2.45) is 0 Å². The summed E-state index contributed by atoms with van der Waals surface area (Å²) in [5, 5.41) is 7.39. The Morgan fingerprint density at radius 3 is 2.89 bits per heavy atom. The van der Waals surface area contributed by atoms with E-state index in [0.29, 0.717) is 22.2 Å². The highest BCUT2D eigenvalue weighted by Gasteiger charge is 2.26. The van der Waals surface area contributed by atoms with Crippen molar-refractivity contribution < 1.29 is 9.59 Å². The zero-order valence-corrected chi connectivity index (χ0v) is 15.6. The highest BCUT2D eigenvalue weighted by Crippen LogP contribution is 2.34. The molecule has 27 heavy (non-hydrogen) atoms. The fourth-order valence-electron chi connectivity index (χ4n) is 2.80. The number of thioether (sulfide) groups is 1. The van der Waals surface area contributed by atoms with Gasteiger partial charge in [0.1, 0.15) is 19.2 Å². The number of benzene rings is 2. The monoisotopic (exact) mass is 399 g/mol. The van der Waals surface area contributed by atoms with Crippen molar-refractivity contribution in [1.82, 2.24) is 14.8 Å². The normalized spacial score (nSPS) is 13.4. The Balaban J connectivity index is 1.57. The van der Waals surface area contributed by atoms with Gasteiger partial charge >= 0.3 is 0 Å². The second-order valence-corrected chi connectivity index (χ2v) is 7.24. The van der Waals surface area contributed by atoms with E-state index in [1.807, 2.05) is 24.3 Å². The minimum Gasteiger partial charge on any atom is -0.323 e. The molecule has 0 fully saturated rings. The minimum absolute atomic E-state index is 0.0836. The average molecular weight is 400 g/mol. The maximum absolute atomic E-state index is 12.7. The number of halogens is 1. The Hall–Kier alpha value is -2.84. The molecule has 0 atom stereocenters. The lowest BCUT2D eigenvalue weighted by atomic mass is 10.2. The van der Waals surface area contributed by atoms with Crippen LogP contribution in [-0.4, -0.2) is 38.9 Å². The number of carbonyl (C=O) groups excluding carboxylic acids is 2. The van der Waals surface area contributed by atoms with Crippen LogP contribution in [0.3, 0.4) is 0 Å². The number of hydrogen-bond acceptors (Lipinski definition) is 5. The minimum atomic E-state index is -0.325. The van der Waals surface area contributed by atoms with Gasteiger partial charge < -0.3 is 10.2 Å². The van der Waals surface area contributed by atoms with Crippen LogP contribution in [0.2, 0.25) is 5.02 Å². The predicted molar refractivity (Wildman–Crippen MR) is 105 cm³/mol. The van der Waals surface area contributed by atoms with E-state index >= 15 is 0 Å². The van der Waals surface area contributed by atoms with Crippen molar-refractivity contribution in [1.29, 1.82) is 0 Å². The van der Waals surface area contributed by atoms with E-state index in [9.17, 15) is 9.59 Å². The molecule has 0 aliphatic carbocycles. The molecule has 4 rings (SSSR count). The molecule has 2 heterocycles. The molecule has 2 aromatic carbocycles. The van der Waals surface area contributed by atoms with Gasteiger partial charge in [-0.2, -0.15) is 5.10 Å². The van der Waals surface area contributed by atoms with Gasteiger partial charge in [-0.1, -0.05) is 23.7 Å². The van der Waals surface area contributed by atoms with Crippen molar-refractivity contribution in [2.45, 2.75) is 4.90 Å². The topological polar surface area (TPSA) is 80.1 Å². The molecule has 0 saturated heterocycles. The summed E-state index contributed by atoms with van der Waals surface area (Å²) in [4.78, 5) is 31.4. The predicted octanol–water partition coefficient (Wildman–Crippen LogP) is 3.00. The third kappa shape index (κ3) is 3.67. The molecule has 3 aromatic rings. The van der Waals surface area contributed by atoms with Gasteiger partial charge in [0.15, 0.2) is 0 Å². The van der Waals surface area contributed by atoms with Crippen LogP contribution in [0.15, 0.2) is 60.0 Å². The number of fused-ring (bicyclic) bond motifs is 1. The van der Waals surface area contributed by atoms with Crippen LogP contribution in [0.4, 0.5) is 11.4 Å². The van der Waals surface area contributed by atoms with Gasteiger partial charge in [0.05, 0.1) is 22.8 Å². The summed E-state index contributed by atoms with van der Waals surface area (Å²) in [5.74, 6) is -0.115. The number of rotatable bonds is 4. The van der Waals surface area contributed by atoms with Crippen LogP contribution in [0.25, 0.3) is 5.69 Å². The number of nitrogens with one attached hydrogen (secondary N) is 1. The smallest absolute Gasteiger partial charge is 0.244 e. The summed E-state index contributed by atoms with van der Waals surface area (Å²) >= 11 is 7.56. The Morgan fingerprint density at radius 1 is 1.22 bits per heavy atom. The van der Waals surface area contributed by atoms with Gasteiger partial charge in [0.2, 0.25) is 11.8 Å². The molecular weight excluding hydrogens is 386 g/mol. The molecule has 1 aliphatic heterocycles. The molecule has 2 amide bonds. The number of aromatic nitrogens is 3. The number of hydrogen-bond donors (Lipinski definition) is 1. The number of para-hydroxylation sites is 1. The fourth-order valence-corrected chi connectivity index (χ4v) is 3.91. The van der Waals surface area contributed by atoms with Crippen LogP contribution in [0, 0.1) is 0 Å². The second kappa shape index (κ2) is 7.42. The van der Waals surface area contributed by atoms with Gasteiger partial charge in [-0.05, 0) is 30.3 Å². The molecular formula is C18H14ClN5O2S. The maximum Gasteiger partial charge on any atom is 0.244 e. The van der Waals surface area contributed by atoms with Crippen LogP contribution in [0.1, 0.15) is 0 Å². The van der Waals surface area contributed by atoms with Crippen LogP contribution in [0.5, 0.6) is 0 Å². The van der Waals surface area contributed by atoms with Gasteiger partial charge in [0, 0.05) is 9.92 Å². The van der Waals surface area contributed by atoms with Crippen molar-refractivity contribution in [3.8, 4) is 5.69 Å². The number of nitrogens with zero attached hydrogens (tertiary/aromatic N) is 4. The quantitative estimate of drug-likeness (QED) is 0.729. The van der Waals surface area contributed by atoms with Crippen molar-refractivity contribution in [3.63, 3.8) is 0 Å². The molecule has 1 aromatic heterocycles. The summed E-state index contributed by atoms with van der Waals surface area (Å²) < 4.78 is 1.53. The first-order valence-corrected chi connectivity index (χ1v) is 9.45. The van der Waals surface area contributed by atoms with E-state index in [1.165, 1.54) is 34.0 Å². The van der Waals surface area contributed by atoms with Gasteiger partial charge in [-0.3, -0.25) is 9.59 Å². The molecule has 136 valence electrons. The molecule has 0 saturated carbocycles.